The first-order chi connectivity index (χ1) is 12.0. The van der Waals surface area contributed by atoms with Crippen LogP contribution in [0.25, 0.3) is 0 Å². The molecule has 3 fully saturated rings. The third kappa shape index (κ3) is 3.49. The van der Waals surface area contributed by atoms with Gasteiger partial charge in [0.05, 0.1) is 29.5 Å². The molecule has 2 saturated heterocycles. The molecule has 138 valence electrons. The van der Waals surface area contributed by atoms with Gasteiger partial charge in [0.1, 0.15) is 0 Å². The lowest BCUT2D eigenvalue weighted by Gasteiger charge is -2.58. The minimum absolute atomic E-state index is 0.192. The summed E-state index contributed by atoms with van der Waals surface area (Å²) in [6.45, 7) is 8.56. The van der Waals surface area contributed by atoms with E-state index in [2.05, 4.69) is 34.1 Å². The molecule has 1 spiro atoms. The molecule has 1 saturated carbocycles. The molecule has 0 unspecified atom stereocenters. The summed E-state index contributed by atoms with van der Waals surface area (Å²) >= 11 is 1.68. The first-order valence-electron chi connectivity index (χ1n) is 9.46. The Labute approximate surface area is 154 Å². The molecule has 6 heteroatoms. The molecule has 3 heterocycles. The SMILES string of the molecule is Cc1nc(COC[C@@H]2CCN(C)C3(C2)CN(C(=O)[C@H]2C[C@@H]2C)C3)cs1. The Hall–Kier alpha value is -0.980. The smallest absolute Gasteiger partial charge is 0.226 e. The van der Waals surface area contributed by atoms with Gasteiger partial charge in [-0.2, -0.15) is 0 Å². The Bertz CT molecular complexity index is 640. The van der Waals surface area contributed by atoms with Crippen molar-refractivity contribution in [2.75, 3.05) is 33.3 Å². The third-order valence-electron chi connectivity index (χ3n) is 6.33. The van der Waals surface area contributed by atoms with Gasteiger partial charge >= 0.3 is 0 Å². The van der Waals surface area contributed by atoms with Crippen LogP contribution in [0.1, 0.15) is 36.9 Å². The van der Waals surface area contributed by atoms with Gasteiger partial charge in [-0.15, -0.1) is 11.3 Å². The first kappa shape index (κ1) is 17.4. The molecule has 2 aliphatic heterocycles. The van der Waals surface area contributed by atoms with Gasteiger partial charge in [-0.1, -0.05) is 6.92 Å². The average molecular weight is 364 g/mol. The fraction of sp³-hybridized carbons (Fsp3) is 0.789. The second kappa shape index (κ2) is 6.63. The minimum Gasteiger partial charge on any atom is -0.375 e. The predicted molar refractivity (Wildman–Crippen MR) is 98.4 cm³/mol. The summed E-state index contributed by atoms with van der Waals surface area (Å²) in [6, 6.07) is 0. The van der Waals surface area contributed by atoms with Crippen molar-refractivity contribution < 1.29 is 9.53 Å². The van der Waals surface area contributed by atoms with Gasteiger partial charge in [-0.05, 0) is 51.6 Å². The van der Waals surface area contributed by atoms with E-state index in [9.17, 15) is 4.79 Å². The fourth-order valence-corrected chi connectivity index (χ4v) is 5.04. The second-order valence-electron chi connectivity index (χ2n) is 8.39. The number of hydrogen-bond acceptors (Lipinski definition) is 5. The molecule has 3 aliphatic rings. The number of rotatable bonds is 5. The largest absolute Gasteiger partial charge is 0.375 e. The van der Waals surface area contributed by atoms with Crippen LogP contribution in [0.4, 0.5) is 0 Å². The Morgan fingerprint density at radius 1 is 1.48 bits per heavy atom. The van der Waals surface area contributed by atoms with E-state index in [4.69, 9.17) is 4.74 Å². The summed E-state index contributed by atoms with van der Waals surface area (Å²) in [5.74, 6) is 1.90. The topological polar surface area (TPSA) is 45.7 Å². The van der Waals surface area contributed by atoms with E-state index in [0.29, 0.717) is 30.3 Å². The highest BCUT2D eigenvalue weighted by Crippen LogP contribution is 2.44. The maximum absolute atomic E-state index is 12.4. The number of carbonyl (C=O) groups excluding carboxylic acids is 1. The summed E-state index contributed by atoms with van der Waals surface area (Å²) in [4.78, 5) is 21.4. The molecule has 0 aromatic carbocycles. The number of hydrogen-bond donors (Lipinski definition) is 0. The molecule has 1 aromatic heterocycles. The van der Waals surface area contributed by atoms with Crippen LogP contribution in [0, 0.1) is 24.7 Å². The number of carbonyl (C=O) groups is 1. The zero-order valence-electron chi connectivity index (χ0n) is 15.5. The van der Waals surface area contributed by atoms with Gasteiger partial charge in [-0.3, -0.25) is 9.69 Å². The number of piperidine rings is 1. The quantitative estimate of drug-likeness (QED) is 0.807. The van der Waals surface area contributed by atoms with Crippen molar-refractivity contribution in [2.24, 2.45) is 17.8 Å². The zero-order valence-corrected chi connectivity index (χ0v) is 16.3. The normalized spacial score (nSPS) is 31.2. The molecule has 1 aliphatic carbocycles. The van der Waals surface area contributed by atoms with E-state index in [1.165, 1.54) is 6.42 Å². The molecule has 1 aromatic rings. The summed E-state index contributed by atoms with van der Waals surface area (Å²) < 4.78 is 5.95. The lowest BCUT2D eigenvalue weighted by Crippen LogP contribution is -2.72. The van der Waals surface area contributed by atoms with Crippen LogP contribution in [-0.2, 0) is 16.1 Å². The van der Waals surface area contributed by atoms with Crippen LogP contribution in [0.3, 0.4) is 0 Å². The zero-order chi connectivity index (χ0) is 17.6. The summed E-state index contributed by atoms with van der Waals surface area (Å²) in [5, 5.41) is 3.18. The average Bonchev–Trinajstić information content (AvgIpc) is 3.14. The molecule has 0 N–H and O–H groups in total. The van der Waals surface area contributed by atoms with Crippen LogP contribution in [-0.4, -0.2) is 59.5 Å². The van der Waals surface area contributed by atoms with Gasteiger partial charge in [-0.25, -0.2) is 4.98 Å². The number of likely N-dealkylation sites (tertiary alicyclic amines) is 2. The summed E-state index contributed by atoms with van der Waals surface area (Å²) in [6.07, 6.45) is 3.41. The predicted octanol–water partition coefficient (Wildman–Crippen LogP) is 2.55. The van der Waals surface area contributed by atoms with Crippen molar-refractivity contribution in [3.05, 3.63) is 16.1 Å². The number of ether oxygens (including phenoxy) is 1. The van der Waals surface area contributed by atoms with E-state index in [1.54, 1.807) is 11.3 Å². The second-order valence-corrected chi connectivity index (χ2v) is 9.45. The van der Waals surface area contributed by atoms with E-state index < -0.39 is 0 Å². The van der Waals surface area contributed by atoms with Crippen molar-refractivity contribution in [1.82, 2.24) is 14.8 Å². The Morgan fingerprint density at radius 3 is 2.88 bits per heavy atom. The summed E-state index contributed by atoms with van der Waals surface area (Å²) in [5.41, 5.74) is 1.24. The van der Waals surface area contributed by atoms with Crippen LogP contribution >= 0.6 is 11.3 Å². The van der Waals surface area contributed by atoms with E-state index >= 15 is 0 Å². The molecule has 3 atom stereocenters. The molecule has 0 radical (unpaired) electrons. The Kier molecular flexibility index (Phi) is 4.63. The van der Waals surface area contributed by atoms with Gasteiger partial charge < -0.3 is 9.64 Å². The highest BCUT2D eigenvalue weighted by molar-refractivity contribution is 7.09. The van der Waals surface area contributed by atoms with E-state index in [0.717, 1.165) is 49.8 Å². The number of aryl methyl sites for hydroxylation is 1. The molecule has 4 rings (SSSR count). The van der Waals surface area contributed by atoms with Gasteiger partial charge in [0.15, 0.2) is 0 Å². The lowest BCUT2D eigenvalue weighted by molar-refractivity contribution is -0.152. The van der Waals surface area contributed by atoms with E-state index in [-0.39, 0.29) is 5.54 Å². The monoisotopic (exact) mass is 363 g/mol. The van der Waals surface area contributed by atoms with Crippen molar-refractivity contribution in [2.45, 2.75) is 45.3 Å². The first-order valence-corrected chi connectivity index (χ1v) is 10.3. The highest BCUT2D eigenvalue weighted by atomic mass is 32.1. The van der Waals surface area contributed by atoms with Crippen LogP contribution < -0.4 is 0 Å². The number of nitrogens with zero attached hydrogens (tertiary/aromatic N) is 3. The van der Waals surface area contributed by atoms with Gasteiger partial charge in [0, 0.05) is 24.4 Å². The summed E-state index contributed by atoms with van der Waals surface area (Å²) in [7, 11) is 2.22. The molecular formula is C19H29N3O2S. The van der Waals surface area contributed by atoms with Crippen LogP contribution in [0.15, 0.2) is 5.38 Å². The fourth-order valence-electron chi connectivity index (χ4n) is 4.45. The minimum atomic E-state index is 0.192. The molecule has 5 nitrogen and oxygen atoms in total. The third-order valence-corrected chi connectivity index (χ3v) is 7.15. The van der Waals surface area contributed by atoms with Crippen molar-refractivity contribution in [3.8, 4) is 0 Å². The lowest BCUT2D eigenvalue weighted by atomic mass is 9.75. The van der Waals surface area contributed by atoms with Crippen molar-refractivity contribution in [3.63, 3.8) is 0 Å². The maximum atomic E-state index is 12.4. The highest BCUT2D eigenvalue weighted by Gasteiger charge is 2.53. The number of likely N-dealkylation sites (N-methyl/N-ethyl adjacent to an activating group) is 1. The molecular weight excluding hydrogens is 334 g/mol. The molecule has 0 bridgehead atoms. The standard InChI is InChI=1S/C19H29N3O2S/c1-13-6-17(13)18(23)22-11-19(12-22)7-15(4-5-21(19)3)8-24-9-16-10-25-14(2)20-16/h10,13,15,17H,4-9,11-12H2,1-3H3/t13-,15+,17-/m0/s1. The molecule has 1 amide bonds. The Morgan fingerprint density at radius 2 is 2.24 bits per heavy atom. The van der Waals surface area contributed by atoms with E-state index in [1.807, 2.05) is 6.92 Å². The van der Waals surface area contributed by atoms with Crippen molar-refractivity contribution in [1.29, 1.82) is 0 Å². The number of aromatic nitrogens is 1. The maximum Gasteiger partial charge on any atom is 0.226 e. The Balaban J connectivity index is 1.26. The van der Waals surface area contributed by atoms with Gasteiger partial charge in [0.2, 0.25) is 5.91 Å². The van der Waals surface area contributed by atoms with Crippen molar-refractivity contribution >= 4 is 17.2 Å². The molecule has 25 heavy (non-hydrogen) atoms. The van der Waals surface area contributed by atoms with Crippen LogP contribution in [0.2, 0.25) is 0 Å². The van der Waals surface area contributed by atoms with Gasteiger partial charge in [0.25, 0.3) is 0 Å². The number of thiazole rings is 1. The van der Waals surface area contributed by atoms with Crippen LogP contribution in [0.5, 0.6) is 0 Å². The number of amides is 1.